The zero-order chi connectivity index (χ0) is 13.8. The van der Waals surface area contributed by atoms with Gasteiger partial charge in [-0.2, -0.15) is 0 Å². The second-order valence-electron chi connectivity index (χ2n) is 5.07. The van der Waals surface area contributed by atoms with Crippen molar-refractivity contribution >= 4 is 17.3 Å². The van der Waals surface area contributed by atoms with Gasteiger partial charge in [0.15, 0.2) is 0 Å². The number of carboxylic acid groups (broad SMARTS) is 1. The average Bonchev–Trinajstić information content (AvgIpc) is 2.97. The van der Waals surface area contributed by atoms with Crippen LogP contribution in [0.3, 0.4) is 0 Å². The molecule has 0 amide bonds. The number of carbonyl (C=O) groups is 1. The maximum Gasteiger partial charge on any atom is 0.365 e. The second kappa shape index (κ2) is 6.45. The fourth-order valence-electron chi connectivity index (χ4n) is 2.70. The smallest absolute Gasteiger partial charge is 0.365 e. The molecule has 0 spiro atoms. The highest BCUT2D eigenvalue weighted by atomic mass is 32.1. The van der Waals surface area contributed by atoms with Crippen molar-refractivity contribution in [2.45, 2.75) is 32.4 Å². The highest BCUT2D eigenvalue weighted by molar-refractivity contribution is 7.11. The average molecular weight is 283 g/mol. The van der Waals surface area contributed by atoms with E-state index in [1.54, 1.807) is 0 Å². The molecule has 5 nitrogen and oxygen atoms in total. The number of hydrogen-bond acceptors (Lipinski definition) is 5. The molecule has 106 valence electrons. The summed E-state index contributed by atoms with van der Waals surface area (Å²) in [7, 11) is 2.08. The lowest BCUT2D eigenvalue weighted by molar-refractivity contribution is 0.0696. The zero-order valence-electron chi connectivity index (χ0n) is 11.5. The molecule has 19 heavy (non-hydrogen) atoms. The molecule has 1 unspecified atom stereocenters. The van der Waals surface area contributed by atoms with Gasteiger partial charge in [-0.05, 0) is 33.0 Å². The molecule has 2 rings (SSSR count). The summed E-state index contributed by atoms with van der Waals surface area (Å²) in [5.41, 5.74) is 0.853. The normalized spacial score (nSPS) is 20.3. The Bertz CT molecular complexity index is 435. The van der Waals surface area contributed by atoms with Gasteiger partial charge in [-0.1, -0.05) is 6.92 Å². The third-order valence-corrected chi connectivity index (χ3v) is 4.47. The molecule has 1 N–H and O–H groups in total. The van der Waals surface area contributed by atoms with E-state index < -0.39 is 5.97 Å². The molecule has 1 aliphatic heterocycles. The molecule has 0 bridgehead atoms. The lowest BCUT2D eigenvalue weighted by Gasteiger charge is -2.27. The Balaban J connectivity index is 1.86. The molecule has 1 aromatic rings. The van der Waals surface area contributed by atoms with Crippen LogP contribution in [0.25, 0.3) is 0 Å². The third-order valence-electron chi connectivity index (χ3n) is 3.59. The van der Waals surface area contributed by atoms with Crippen molar-refractivity contribution in [3.8, 4) is 0 Å². The van der Waals surface area contributed by atoms with Gasteiger partial charge in [-0.15, -0.1) is 11.3 Å². The van der Waals surface area contributed by atoms with E-state index in [1.807, 2.05) is 5.38 Å². The van der Waals surface area contributed by atoms with Gasteiger partial charge in [-0.25, -0.2) is 9.78 Å². The summed E-state index contributed by atoms with van der Waals surface area (Å²) in [4.78, 5) is 19.7. The minimum absolute atomic E-state index is 0.180. The van der Waals surface area contributed by atoms with Gasteiger partial charge in [0.1, 0.15) is 0 Å². The van der Waals surface area contributed by atoms with Crippen LogP contribution >= 0.6 is 11.3 Å². The topological polar surface area (TPSA) is 56.7 Å². The number of hydrogen-bond donors (Lipinski definition) is 1. The van der Waals surface area contributed by atoms with Crippen LogP contribution in [0.5, 0.6) is 0 Å². The molecule has 1 aromatic heterocycles. The van der Waals surface area contributed by atoms with Crippen molar-refractivity contribution in [3.05, 3.63) is 16.1 Å². The molecule has 1 fully saturated rings. The molecule has 6 heteroatoms. The van der Waals surface area contributed by atoms with Crippen LogP contribution < -0.4 is 0 Å². The summed E-state index contributed by atoms with van der Waals surface area (Å²) in [6.07, 6.45) is 2.54. The minimum Gasteiger partial charge on any atom is -0.476 e. The van der Waals surface area contributed by atoms with Crippen molar-refractivity contribution in [2.24, 2.45) is 0 Å². The first kappa shape index (κ1) is 14.4. The van der Waals surface area contributed by atoms with Gasteiger partial charge in [0.2, 0.25) is 5.01 Å². The van der Waals surface area contributed by atoms with E-state index >= 15 is 0 Å². The summed E-state index contributed by atoms with van der Waals surface area (Å²) >= 11 is 1.20. The Morgan fingerprint density at radius 3 is 3.11 bits per heavy atom. The highest BCUT2D eigenvalue weighted by Crippen LogP contribution is 2.18. The van der Waals surface area contributed by atoms with Crippen molar-refractivity contribution in [3.63, 3.8) is 0 Å². The Morgan fingerprint density at radius 1 is 1.68 bits per heavy atom. The van der Waals surface area contributed by atoms with E-state index in [1.165, 1.54) is 30.7 Å². The standard InChI is InChI=1S/C13H21N3O2S/c1-3-16-6-4-5-11(16)8-15(2)7-10-9-19-12(14-10)13(17)18/h9,11H,3-8H2,1-2H3,(H,17,18). The van der Waals surface area contributed by atoms with Gasteiger partial charge < -0.3 is 5.11 Å². The van der Waals surface area contributed by atoms with Crippen LogP contribution in [-0.4, -0.2) is 58.6 Å². The van der Waals surface area contributed by atoms with E-state index in [0.717, 1.165) is 25.3 Å². The highest BCUT2D eigenvalue weighted by Gasteiger charge is 2.24. The Labute approximate surface area is 117 Å². The van der Waals surface area contributed by atoms with Gasteiger partial charge in [-0.3, -0.25) is 9.80 Å². The maximum absolute atomic E-state index is 10.8. The molecular weight excluding hydrogens is 262 g/mol. The van der Waals surface area contributed by atoms with E-state index in [4.69, 9.17) is 5.11 Å². The number of likely N-dealkylation sites (tertiary alicyclic amines) is 1. The van der Waals surface area contributed by atoms with Gasteiger partial charge in [0.25, 0.3) is 0 Å². The fourth-order valence-corrected chi connectivity index (χ4v) is 3.34. The fraction of sp³-hybridized carbons (Fsp3) is 0.692. The van der Waals surface area contributed by atoms with E-state index in [-0.39, 0.29) is 5.01 Å². The molecule has 0 radical (unpaired) electrons. The molecule has 1 saturated heterocycles. The SMILES string of the molecule is CCN1CCCC1CN(C)Cc1csc(C(=O)O)n1. The number of carboxylic acids is 1. The number of nitrogens with zero attached hydrogens (tertiary/aromatic N) is 3. The first-order valence-electron chi connectivity index (χ1n) is 6.70. The Morgan fingerprint density at radius 2 is 2.47 bits per heavy atom. The predicted molar refractivity (Wildman–Crippen MR) is 75.7 cm³/mol. The van der Waals surface area contributed by atoms with Crippen LogP contribution in [0.4, 0.5) is 0 Å². The maximum atomic E-state index is 10.8. The van der Waals surface area contributed by atoms with Gasteiger partial charge >= 0.3 is 5.97 Å². The zero-order valence-corrected chi connectivity index (χ0v) is 12.3. The number of aromatic carboxylic acids is 1. The molecule has 1 aliphatic rings. The summed E-state index contributed by atoms with van der Waals surface area (Å²) in [5, 5.41) is 10.9. The Hall–Kier alpha value is -0.980. The summed E-state index contributed by atoms with van der Waals surface area (Å²) < 4.78 is 0. The lowest BCUT2D eigenvalue weighted by Crippen LogP contribution is -2.38. The molecule has 1 atom stereocenters. The predicted octanol–water partition coefficient (Wildman–Crippen LogP) is 1.76. The largest absolute Gasteiger partial charge is 0.476 e. The van der Waals surface area contributed by atoms with Gasteiger partial charge in [0, 0.05) is 24.5 Å². The number of thiazole rings is 1. The summed E-state index contributed by atoms with van der Waals surface area (Å²) in [6.45, 7) is 6.26. The monoisotopic (exact) mass is 283 g/mol. The van der Waals surface area contributed by atoms with Crippen molar-refractivity contribution in [1.82, 2.24) is 14.8 Å². The second-order valence-corrected chi connectivity index (χ2v) is 5.93. The number of rotatable bonds is 6. The quantitative estimate of drug-likeness (QED) is 0.862. The lowest BCUT2D eigenvalue weighted by atomic mass is 10.2. The first-order valence-corrected chi connectivity index (χ1v) is 7.58. The molecule has 0 aliphatic carbocycles. The van der Waals surface area contributed by atoms with Crippen LogP contribution in [0.2, 0.25) is 0 Å². The van der Waals surface area contributed by atoms with E-state index in [0.29, 0.717) is 6.04 Å². The number of likely N-dealkylation sites (N-methyl/N-ethyl adjacent to an activating group) is 2. The van der Waals surface area contributed by atoms with Crippen LogP contribution in [0.1, 0.15) is 35.3 Å². The van der Waals surface area contributed by atoms with E-state index in [9.17, 15) is 4.79 Å². The summed E-state index contributed by atoms with van der Waals surface area (Å²) in [5.74, 6) is -0.938. The van der Waals surface area contributed by atoms with Crippen LogP contribution in [0.15, 0.2) is 5.38 Å². The summed E-state index contributed by atoms with van der Waals surface area (Å²) in [6, 6.07) is 0.632. The van der Waals surface area contributed by atoms with Crippen LogP contribution in [-0.2, 0) is 6.54 Å². The molecule has 0 saturated carbocycles. The van der Waals surface area contributed by atoms with Crippen molar-refractivity contribution < 1.29 is 9.90 Å². The minimum atomic E-state index is -0.938. The van der Waals surface area contributed by atoms with Crippen molar-refractivity contribution in [2.75, 3.05) is 26.7 Å². The van der Waals surface area contributed by atoms with Crippen molar-refractivity contribution in [1.29, 1.82) is 0 Å². The first-order chi connectivity index (χ1) is 9.10. The van der Waals surface area contributed by atoms with Crippen LogP contribution in [0, 0.1) is 0 Å². The third kappa shape index (κ3) is 3.75. The molecule has 0 aromatic carbocycles. The molecular formula is C13H21N3O2S. The van der Waals surface area contributed by atoms with Gasteiger partial charge in [0.05, 0.1) is 5.69 Å². The number of aromatic nitrogens is 1. The molecule has 2 heterocycles. The van der Waals surface area contributed by atoms with E-state index in [2.05, 4.69) is 28.8 Å². The Kier molecular flexibility index (Phi) is 4.90.